The Balaban J connectivity index is 1.38. The SMILES string of the molecule is Cc1cccc(N2CCC(C(=O)N3CCc4nc(C)[nH]c4-c4cc(Cl)ccc43)CC2)c1. The van der Waals surface area contributed by atoms with Crippen molar-refractivity contribution in [3.8, 4) is 11.3 Å². The summed E-state index contributed by atoms with van der Waals surface area (Å²) in [5.74, 6) is 1.14. The highest BCUT2D eigenvalue weighted by Gasteiger charge is 2.32. The van der Waals surface area contributed by atoms with Crippen LogP contribution in [-0.4, -0.2) is 35.5 Å². The van der Waals surface area contributed by atoms with Gasteiger partial charge in [-0.1, -0.05) is 23.7 Å². The highest BCUT2D eigenvalue weighted by Crippen LogP contribution is 2.38. The summed E-state index contributed by atoms with van der Waals surface area (Å²) in [6, 6.07) is 14.4. The van der Waals surface area contributed by atoms with E-state index in [1.807, 2.05) is 30.0 Å². The number of benzene rings is 2. The van der Waals surface area contributed by atoms with Gasteiger partial charge in [0, 0.05) is 48.2 Å². The van der Waals surface area contributed by atoms with Crippen molar-refractivity contribution in [1.29, 1.82) is 0 Å². The number of hydrogen-bond acceptors (Lipinski definition) is 3. The Kier molecular flexibility index (Phi) is 5.22. The van der Waals surface area contributed by atoms with Crippen LogP contribution in [0, 0.1) is 19.8 Å². The fourth-order valence-corrected chi connectivity index (χ4v) is 5.06. The summed E-state index contributed by atoms with van der Waals surface area (Å²) in [5.41, 5.74) is 6.40. The Bertz CT molecular complexity index is 1130. The maximum Gasteiger partial charge on any atom is 0.230 e. The summed E-state index contributed by atoms with van der Waals surface area (Å²) in [4.78, 5) is 26.0. The molecular weight excluding hydrogens is 408 g/mol. The lowest BCUT2D eigenvalue weighted by molar-refractivity contribution is -0.123. The number of carbonyl (C=O) groups excluding carboxylic acids is 1. The van der Waals surface area contributed by atoms with Crippen LogP contribution in [0.15, 0.2) is 42.5 Å². The minimum absolute atomic E-state index is 0.0377. The predicted octanol–water partition coefficient (Wildman–Crippen LogP) is 5.15. The lowest BCUT2D eigenvalue weighted by Crippen LogP contribution is -2.43. The molecule has 2 aliphatic heterocycles. The topological polar surface area (TPSA) is 52.2 Å². The molecule has 1 fully saturated rings. The van der Waals surface area contributed by atoms with Gasteiger partial charge in [0.1, 0.15) is 5.82 Å². The van der Waals surface area contributed by atoms with Crippen LogP contribution in [0.5, 0.6) is 0 Å². The number of imidazole rings is 1. The molecule has 1 aromatic heterocycles. The molecule has 5 nitrogen and oxygen atoms in total. The Labute approximate surface area is 188 Å². The third kappa shape index (κ3) is 3.83. The minimum atomic E-state index is 0.0377. The second-order valence-corrected chi connectivity index (χ2v) is 9.08. The molecule has 3 aromatic rings. The van der Waals surface area contributed by atoms with Crippen LogP contribution in [0.25, 0.3) is 11.3 Å². The second kappa shape index (κ2) is 8.04. The molecule has 1 N–H and O–H groups in total. The Morgan fingerprint density at radius 1 is 1.10 bits per heavy atom. The van der Waals surface area contributed by atoms with E-state index >= 15 is 0 Å². The number of aryl methyl sites for hydroxylation is 2. The molecule has 1 saturated heterocycles. The highest BCUT2D eigenvalue weighted by atomic mass is 35.5. The van der Waals surface area contributed by atoms with Gasteiger partial charge in [-0.05, 0) is 62.6 Å². The third-order valence-electron chi connectivity index (χ3n) is 6.47. The fraction of sp³-hybridized carbons (Fsp3) is 0.360. The fourth-order valence-electron chi connectivity index (χ4n) is 4.88. The zero-order chi connectivity index (χ0) is 21.5. The number of fused-ring (bicyclic) bond motifs is 3. The van der Waals surface area contributed by atoms with Gasteiger partial charge in [-0.3, -0.25) is 4.79 Å². The largest absolute Gasteiger partial charge is 0.371 e. The number of hydrogen-bond donors (Lipinski definition) is 1. The zero-order valence-corrected chi connectivity index (χ0v) is 18.7. The number of aromatic amines is 1. The molecule has 31 heavy (non-hydrogen) atoms. The van der Waals surface area contributed by atoms with E-state index in [4.69, 9.17) is 11.6 Å². The number of nitrogens with one attached hydrogen (secondary N) is 1. The lowest BCUT2D eigenvalue weighted by Gasteiger charge is -2.35. The summed E-state index contributed by atoms with van der Waals surface area (Å²) in [5, 5.41) is 0.665. The average Bonchev–Trinajstić information content (AvgIpc) is 3.08. The molecule has 5 rings (SSSR count). The van der Waals surface area contributed by atoms with Gasteiger partial charge in [-0.2, -0.15) is 0 Å². The van der Waals surface area contributed by atoms with Gasteiger partial charge < -0.3 is 14.8 Å². The van der Waals surface area contributed by atoms with Gasteiger partial charge in [-0.15, -0.1) is 0 Å². The maximum atomic E-state index is 13.6. The number of amides is 1. The van der Waals surface area contributed by atoms with E-state index in [0.29, 0.717) is 11.6 Å². The number of carbonyl (C=O) groups is 1. The lowest BCUT2D eigenvalue weighted by atomic mass is 9.94. The number of aromatic nitrogens is 2. The molecule has 0 radical (unpaired) electrons. The Morgan fingerprint density at radius 3 is 2.68 bits per heavy atom. The zero-order valence-electron chi connectivity index (χ0n) is 18.0. The van der Waals surface area contributed by atoms with Gasteiger partial charge in [0.25, 0.3) is 0 Å². The molecule has 2 aliphatic rings. The summed E-state index contributed by atoms with van der Waals surface area (Å²) in [6.45, 7) is 6.53. The molecule has 0 spiro atoms. The van der Waals surface area contributed by atoms with Crippen molar-refractivity contribution in [3.63, 3.8) is 0 Å². The number of rotatable bonds is 2. The third-order valence-corrected chi connectivity index (χ3v) is 6.70. The monoisotopic (exact) mass is 434 g/mol. The highest BCUT2D eigenvalue weighted by molar-refractivity contribution is 6.31. The van der Waals surface area contributed by atoms with Crippen LogP contribution in [0.2, 0.25) is 5.02 Å². The van der Waals surface area contributed by atoms with E-state index < -0.39 is 0 Å². The smallest absolute Gasteiger partial charge is 0.230 e. The number of H-pyrrole nitrogens is 1. The van der Waals surface area contributed by atoms with Crippen molar-refractivity contribution in [2.45, 2.75) is 33.1 Å². The summed E-state index contributed by atoms with van der Waals surface area (Å²) >= 11 is 6.32. The summed E-state index contributed by atoms with van der Waals surface area (Å²) in [7, 11) is 0. The normalized spacial score (nSPS) is 16.6. The maximum absolute atomic E-state index is 13.6. The second-order valence-electron chi connectivity index (χ2n) is 8.65. The van der Waals surface area contributed by atoms with Crippen molar-refractivity contribution in [2.75, 3.05) is 29.4 Å². The molecular formula is C25H27ClN4O. The molecule has 0 aliphatic carbocycles. The van der Waals surface area contributed by atoms with Crippen LogP contribution in [0.1, 0.15) is 29.9 Å². The average molecular weight is 435 g/mol. The van der Waals surface area contributed by atoms with Crippen molar-refractivity contribution < 1.29 is 4.79 Å². The van der Waals surface area contributed by atoms with Gasteiger partial charge >= 0.3 is 0 Å². The molecule has 0 atom stereocenters. The van der Waals surface area contributed by atoms with Crippen LogP contribution in [0.3, 0.4) is 0 Å². The van der Waals surface area contributed by atoms with Crippen LogP contribution < -0.4 is 9.80 Å². The first kappa shape index (κ1) is 20.1. The molecule has 2 aromatic carbocycles. The van der Waals surface area contributed by atoms with E-state index in [9.17, 15) is 4.79 Å². The molecule has 0 unspecified atom stereocenters. The van der Waals surface area contributed by atoms with E-state index in [1.165, 1.54) is 11.3 Å². The molecule has 0 bridgehead atoms. The number of anilines is 2. The van der Waals surface area contributed by atoms with Crippen molar-refractivity contribution in [1.82, 2.24) is 9.97 Å². The summed E-state index contributed by atoms with van der Waals surface area (Å²) < 4.78 is 0. The number of nitrogens with zero attached hydrogens (tertiary/aromatic N) is 3. The van der Waals surface area contributed by atoms with Gasteiger partial charge in [0.05, 0.1) is 17.1 Å². The van der Waals surface area contributed by atoms with Crippen molar-refractivity contribution in [2.24, 2.45) is 5.92 Å². The van der Waals surface area contributed by atoms with Crippen molar-refractivity contribution >= 4 is 28.9 Å². The van der Waals surface area contributed by atoms with Gasteiger partial charge in [0.15, 0.2) is 0 Å². The van der Waals surface area contributed by atoms with E-state index in [1.54, 1.807) is 0 Å². The molecule has 1 amide bonds. The van der Waals surface area contributed by atoms with E-state index in [2.05, 4.69) is 46.1 Å². The first-order chi connectivity index (χ1) is 15.0. The van der Waals surface area contributed by atoms with Crippen molar-refractivity contribution in [3.05, 3.63) is 64.6 Å². The van der Waals surface area contributed by atoms with Gasteiger partial charge in [-0.25, -0.2) is 4.98 Å². The van der Waals surface area contributed by atoms with Gasteiger partial charge in [0.2, 0.25) is 5.91 Å². The van der Waals surface area contributed by atoms with Crippen LogP contribution >= 0.6 is 11.6 Å². The first-order valence-corrected chi connectivity index (χ1v) is 11.4. The quantitative estimate of drug-likeness (QED) is 0.606. The molecule has 0 saturated carbocycles. The Morgan fingerprint density at radius 2 is 1.90 bits per heavy atom. The van der Waals surface area contributed by atoms with Crippen LogP contribution in [-0.2, 0) is 11.2 Å². The number of piperidine rings is 1. The molecule has 160 valence electrons. The predicted molar refractivity (Wildman–Crippen MR) is 126 cm³/mol. The molecule has 6 heteroatoms. The van der Waals surface area contributed by atoms with E-state index in [-0.39, 0.29) is 11.8 Å². The first-order valence-electron chi connectivity index (χ1n) is 11.0. The molecule has 3 heterocycles. The van der Waals surface area contributed by atoms with E-state index in [0.717, 1.165) is 60.8 Å². The standard InChI is InChI=1S/C25H27ClN4O/c1-16-4-3-5-20(14-16)29-11-8-18(9-12-29)25(31)30-13-10-22-24(28-17(2)27-22)21-15-19(26)6-7-23(21)30/h3-7,14-15,18H,8-13H2,1-2H3,(H,27,28). The minimum Gasteiger partial charge on any atom is -0.371 e. The summed E-state index contributed by atoms with van der Waals surface area (Å²) in [6.07, 6.45) is 2.48. The number of halogens is 1. The Hall–Kier alpha value is -2.79. The van der Waals surface area contributed by atoms with Crippen LogP contribution in [0.4, 0.5) is 11.4 Å².